The van der Waals surface area contributed by atoms with Crippen LogP contribution in [0, 0.1) is 5.82 Å². The molecule has 1 rings (SSSR count). The average Bonchev–Trinajstić information content (AvgIpc) is 2.20. The summed E-state index contributed by atoms with van der Waals surface area (Å²) in [7, 11) is 0. The van der Waals surface area contributed by atoms with Gasteiger partial charge in [0.05, 0.1) is 11.8 Å². The Balaban J connectivity index is 2.59. The van der Waals surface area contributed by atoms with Crippen molar-refractivity contribution in [1.82, 2.24) is 0 Å². The highest BCUT2D eigenvalue weighted by Crippen LogP contribution is 2.20. The SMILES string of the molecule is CC(O)CCC(=O)Nc1cc(Br)ccc1F. The van der Waals surface area contributed by atoms with E-state index >= 15 is 0 Å². The monoisotopic (exact) mass is 289 g/mol. The molecule has 1 unspecified atom stereocenters. The summed E-state index contributed by atoms with van der Waals surface area (Å²) in [6.07, 6.45) is 0.00328. The Morgan fingerprint density at radius 3 is 2.94 bits per heavy atom. The van der Waals surface area contributed by atoms with Crippen molar-refractivity contribution in [2.75, 3.05) is 5.32 Å². The van der Waals surface area contributed by atoms with Gasteiger partial charge in [-0.2, -0.15) is 0 Å². The number of amides is 1. The summed E-state index contributed by atoms with van der Waals surface area (Å²) in [6.45, 7) is 1.60. The van der Waals surface area contributed by atoms with E-state index in [4.69, 9.17) is 5.11 Å². The standard InChI is InChI=1S/C11H13BrFNO2/c1-7(15)2-5-11(16)14-10-6-8(12)3-4-9(10)13/h3-4,6-7,15H,2,5H2,1H3,(H,14,16). The lowest BCUT2D eigenvalue weighted by Gasteiger charge is -2.07. The zero-order valence-corrected chi connectivity index (χ0v) is 10.4. The minimum atomic E-state index is -0.530. The van der Waals surface area contributed by atoms with Crippen LogP contribution in [-0.2, 0) is 4.79 Å². The lowest BCUT2D eigenvalue weighted by molar-refractivity contribution is -0.116. The van der Waals surface area contributed by atoms with Crippen LogP contribution < -0.4 is 5.32 Å². The molecule has 0 spiro atoms. The third kappa shape index (κ3) is 4.28. The molecule has 2 N–H and O–H groups in total. The van der Waals surface area contributed by atoms with Gasteiger partial charge in [-0.1, -0.05) is 15.9 Å². The van der Waals surface area contributed by atoms with Crippen molar-refractivity contribution >= 4 is 27.5 Å². The summed E-state index contributed by atoms with van der Waals surface area (Å²) < 4.78 is 13.9. The second-order valence-corrected chi connectivity index (χ2v) is 4.48. The van der Waals surface area contributed by atoms with Crippen molar-refractivity contribution in [3.05, 3.63) is 28.5 Å². The van der Waals surface area contributed by atoms with Crippen LogP contribution in [0.25, 0.3) is 0 Å². The predicted octanol–water partition coefficient (Wildman–Crippen LogP) is 2.69. The lowest BCUT2D eigenvalue weighted by Crippen LogP contribution is -2.14. The quantitative estimate of drug-likeness (QED) is 0.895. The van der Waals surface area contributed by atoms with Crippen LogP contribution >= 0.6 is 15.9 Å². The van der Waals surface area contributed by atoms with Gasteiger partial charge in [-0.25, -0.2) is 4.39 Å². The Morgan fingerprint density at radius 2 is 2.31 bits per heavy atom. The zero-order chi connectivity index (χ0) is 12.1. The molecular weight excluding hydrogens is 277 g/mol. The summed E-state index contributed by atoms with van der Waals surface area (Å²) in [5, 5.41) is 11.5. The Hall–Kier alpha value is -0.940. The van der Waals surface area contributed by atoms with Crippen LogP contribution in [0.5, 0.6) is 0 Å². The Bertz CT molecular complexity index is 382. The van der Waals surface area contributed by atoms with Gasteiger partial charge in [0.1, 0.15) is 5.82 Å². The average molecular weight is 290 g/mol. The highest BCUT2D eigenvalue weighted by Gasteiger charge is 2.08. The molecule has 1 aromatic rings. The van der Waals surface area contributed by atoms with E-state index in [0.717, 1.165) is 0 Å². The summed E-state index contributed by atoms with van der Waals surface area (Å²) in [5.74, 6) is -0.786. The molecule has 88 valence electrons. The van der Waals surface area contributed by atoms with Crippen molar-refractivity contribution in [3.8, 4) is 0 Å². The number of aliphatic hydroxyl groups excluding tert-OH is 1. The van der Waals surface area contributed by atoms with Crippen molar-refractivity contribution in [3.63, 3.8) is 0 Å². The summed E-state index contributed by atoms with van der Waals surface area (Å²) >= 11 is 3.19. The topological polar surface area (TPSA) is 49.3 Å². The van der Waals surface area contributed by atoms with E-state index in [1.807, 2.05) is 0 Å². The molecule has 0 heterocycles. The van der Waals surface area contributed by atoms with Crippen LogP contribution in [0.3, 0.4) is 0 Å². The Morgan fingerprint density at radius 1 is 1.62 bits per heavy atom. The van der Waals surface area contributed by atoms with E-state index in [1.54, 1.807) is 13.0 Å². The number of carbonyl (C=O) groups excluding carboxylic acids is 1. The van der Waals surface area contributed by atoms with Crippen molar-refractivity contribution in [1.29, 1.82) is 0 Å². The predicted molar refractivity (Wildman–Crippen MR) is 63.6 cm³/mol. The molecule has 3 nitrogen and oxygen atoms in total. The van der Waals surface area contributed by atoms with Gasteiger partial charge in [0.2, 0.25) is 5.91 Å². The number of halogens is 2. The smallest absolute Gasteiger partial charge is 0.224 e. The summed E-state index contributed by atoms with van der Waals surface area (Å²) in [5.41, 5.74) is 0.143. The molecule has 0 aliphatic carbocycles. The number of benzene rings is 1. The van der Waals surface area contributed by atoms with Crippen LogP contribution in [-0.4, -0.2) is 17.1 Å². The highest BCUT2D eigenvalue weighted by molar-refractivity contribution is 9.10. The lowest BCUT2D eigenvalue weighted by atomic mass is 10.2. The molecule has 5 heteroatoms. The number of hydrogen-bond acceptors (Lipinski definition) is 2. The first kappa shape index (κ1) is 13.1. The van der Waals surface area contributed by atoms with Crippen molar-refractivity contribution in [2.24, 2.45) is 0 Å². The molecule has 0 aliphatic heterocycles. The van der Waals surface area contributed by atoms with Gasteiger partial charge in [0.15, 0.2) is 0 Å². The van der Waals surface area contributed by atoms with Crippen molar-refractivity contribution in [2.45, 2.75) is 25.9 Å². The Kier molecular flexibility index (Phi) is 4.89. The fourth-order valence-electron chi connectivity index (χ4n) is 1.15. The normalized spacial score (nSPS) is 12.2. The minimum absolute atomic E-state index is 0.143. The van der Waals surface area contributed by atoms with Gasteiger partial charge in [-0.05, 0) is 31.5 Å². The maximum Gasteiger partial charge on any atom is 0.224 e. The maximum atomic E-state index is 13.2. The van der Waals surface area contributed by atoms with E-state index in [2.05, 4.69) is 21.2 Å². The largest absolute Gasteiger partial charge is 0.393 e. The van der Waals surface area contributed by atoms with Gasteiger partial charge < -0.3 is 10.4 Å². The first-order chi connectivity index (χ1) is 7.49. The van der Waals surface area contributed by atoms with Gasteiger partial charge in [0.25, 0.3) is 0 Å². The van der Waals surface area contributed by atoms with E-state index < -0.39 is 11.9 Å². The molecule has 0 saturated carbocycles. The molecule has 0 bridgehead atoms. The van der Waals surface area contributed by atoms with Crippen LogP contribution in [0.2, 0.25) is 0 Å². The minimum Gasteiger partial charge on any atom is -0.393 e. The van der Waals surface area contributed by atoms with Gasteiger partial charge in [-0.3, -0.25) is 4.79 Å². The first-order valence-corrected chi connectivity index (χ1v) is 5.71. The van der Waals surface area contributed by atoms with Crippen LogP contribution in [0.15, 0.2) is 22.7 Å². The zero-order valence-electron chi connectivity index (χ0n) is 8.84. The number of rotatable bonds is 4. The number of nitrogens with one attached hydrogen (secondary N) is 1. The molecule has 1 atom stereocenters. The molecule has 0 aromatic heterocycles. The van der Waals surface area contributed by atoms with E-state index in [-0.39, 0.29) is 18.0 Å². The Labute approximate surface area is 102 Å². The van der Waals surface area contributed by atoms with Crippen LogP contribution in [0.1, 0.15) is 19.8 Å². The van der Waals surface area contributed by atoms with E-state index in [9.17, 15) is 9.18 Å². The molecule has 0 fully saturated rings. The number of hydrogen-bond donors (Lipinski definition) is 2. The van der Waals surface area contributed by atoms with Gasteiger partial charge in [-0.15, -0.1) is 0 Å². The van der Waals surface area contributed by atoms with Gasteiger partial charge in [0, 0.05) is 10.9 Å². The molecule has 0 radical (unpaired) electrons. The second kappa shape index (κ2) is 5.96. The molecule has 1 aromatic carbocycles. The van der Waals surface area contributed by atoms with Crippen LogP contribution in [0.4, 0.5) is 10.1 Å². The van der Waals surface area contributed by atoms with Crippen molar-refractivity contribution < 1.29 is 14.3 Å². The molecular formula is C11H13BrFNO2. The number of carbonyl (C=O) groups is 1. The summed E-state index contributed by atoms with van der Waals surface area (Å²) in [4.78, 5) is 11.4. The van der Waals surface area contributed by atoms with E-state index in [0.29, 0.717) is 10.9 Å². The third-order valence-electron chi connectivity index (χ3n) is 1.99. The highest BCUT2D eigenvalue weighted by atomic mass is 79.9. The fraction of sp³-hybridized carbons (Fsp3) is 0.364. The number of anilines is 1. The third-order valence-corrected chi connectivity index (χ3v) is 2.48. The fourth-order valence-corrected chi connectivity index (χ4v) is 1.51. The van der Waals surface area contributed by atoms with E-state index in [1.165, 1.54) is 12.1 Å². The molecule has 0 saturated heterocycles. The molecule has 16 heavy (non-hydrogen) atoms. The second-order valence-electron chi connectivity index (χ2n) is 3.56. The summed E-state index contributed by atoms with van der Waals surface area (Å²) in [6, 6.07) is 4.32. The molecule has 1 amide bonds. The maximum absolute atomic E-state index is 13.2. The first-order valence-electron chi connectivity index (χ1n) is 4.92. The van der Waals surface area contributed by atoms with Gasteiger partial charge >= 0.3 is 0 Å². The number of aliphatic hydroxyl groups is 1. The molecule has 0 aliphatic rings.